The van der Waals surface area contributed by atoms with Crippen LogP contribution in [0.3, 0.4) is 0 Å². The average molecular weight is 431 g/mol. The molecule has 2 aromatic heterocycles. The lowest BCUT2D eigenvalue weighted by Crippen LogP contribution is -2.36. The molecule has 1 N–H and O–H groups in total. The highest BCUT2D eigenvalue weighted by Crippen LogP contribution is 2.35. The molecule has 0 radical (unpaired) electrons. The molecule has 1 saturated heterocycles. The average Bonchev–Trinajstić information content (AvgIpc) is 3.23. The first-order valence-electron chi connectivity index (χ1n) is 10.5. The van der Waals surface area contributed by atoms with Gasteiger partial charge in [0, 0.05) is 48.5 Å². The highest BCUT2D eigenvalue weighted by Gasteiger charge is 2.17. The van der Waals surface area contributed by atoms with Crippen LogP contribution < -0.4 is 19.7 Å². The summed E-state index contributed by atoms with van der Waals surface area (Å²) in [5, 5.41) is 3.51. The zero-order valence-electron chi connectivity index (χ0n) is 18.1. The third-order valence-electron chi connectivity index (χ3n) is 5.59. The quantitative estimate of drug-likeness (QED) is 0.495. The molecule has 164 valence electrons. The van der Waals surface area contributed by atoms with Gasteiger partial charge in [-0.3, -0.25) is 9.38 Å². The lowest BCUT2D eigenvalue weighted by atomic mass is 10.1. The van der Waals surface area contributed by atoms with Crippen LogP contribution in [-0.2, 0) is 4.74 Å². The van der Waals surface area contributed by atoms with Crippen LogP contribution in [-0.4, -0.2) is 54.9 Å². The van der Waals surface area contributed by atoms with Crippen molar-refractivity contribution in [2.45, 2.75) is 0 Å². The van der Waals surface area contributed by atoms with Crippen LogP contribution >= 0.6 is 0 Å². The summed E-state index contributed by atoms with van der Waals surface area (Å²) in [5.41, 5.74) is 4.70. The van der Waals surface area contributed by atoms with Crippen molar-refractivity contribution in [3.05, 3.63) is 61.1 Å². The summed E-state index contributed by atoms with van der Waals surface area (Å²) < 4.78 is 18.3. The molecule has 32 heavy (non-hydrogen) atoms. The van der Waals surface area contributed by atoms with E-state index in [9.17, 15) is 0 Å². The molecular formula is C24H25N5O3. The fourth-order valence-corrected chi connectivity index (χ4v) is 3.93. The van der Waals surface area contributed by atoms with Crippen molar-refractivity contribution >= 4 is 22.8 Å². The number of aromatic nitrogens is 3. The van der Waals surface area contributed by atoms with E-state index in [4.69, 9.17) is 19.2 Å². The number of benzene rings is 2. The minimum atomic E-state index is 0.657. The summed E-state index contributed by atoms with van der Waals surface area (Å²) in [6, 6.07) is 14.2. The summed E-state index contributed by atoms with van der Waals surface area (Å²) >= 11 is 0. The predicted octanol–water partition coefficient (Wildman–Crippen LogP) is 3.99. The van der Waals surface area contributed by atoms with Crippen molar-refractivity contribution in [1.82, 2.24) is 14.4 Å². The first-order chi connectivity index (χ1) is 15.8. The molecule has 8 heteroatoms. The number of rotatable bonds is 6. The second-order valence-electron chi connectivity index (χ2n) is 7.45. The van der Waals surface area contributed by atoms with Crippen molar-refractivity contribution in [3.8, 4) is 22.8 Å². The number of fused-ring (bicyclic) bond motifs is 1. The number of hydrogen-bond donors (Lipinski definition) is 1. The molecule has 0 spiro atoms. The Hall–Kier alpha value is -3.78. The lowest BCUT2D eigenvalue weighted by molar-refractivity contribution is 0.122. The molecule has 0 saturated carbocycles. The summed E-state index contributed by atoms with van der Waals surface area (Å²) in [6.07, 6.45) is 5.40. The topological polar surface area (TPSA) is 73.2 Å². The van der Waals surface area contributed by atoms with Gasteiger partial charge in [0.25, 0.3) is 0 Å². The first kappa shape index (κ1) is 20.1. The van der Waals surface area contributed by atoms with E-state index in [0.29, 0.717) is 11.5 Å². The zero-order chi connectivity index (χ0) is 21.9. The molecule has 0 unspecified atom stereocenters. The van der Waals surface area contributed by atoms with Gasteiger partial charge in [-0.2, -0.15) is 0 Å². The maximum Gasteiger partial charge on any atom is 0.162 e. The molecule has 1 aliphatic heterocycles. The van der Waals surface area contributed by atoms with Crippen molar-refractivity contribution in [2.75, 3.05) is 50.7 Å². The maximum atomic E-state index is 5.47. The number of morpholine rings is 1. The number of ether oxygens (including phenoxy) is 3. The van der Waals surface area contributed by atoms with Gasteiger partial charge in [-0.15, -0.1) is 0 Å². The van der Waals surface area contributed by atoms with E-state index in [2.05, 4.69) is 39.5 Å². The van der Waals surface area contributed by atoms with Gasteiger partial charge in [0.05, 0.1) is 33.6 Å². The number of anilines is 3. The van der Waals surface area contributed by atoms with Crippen molar-refractivity contribution in [2.24, 2.45) is 0 Å². The molecule has 8 nitrogen and oxygen atoms in total. The molecule has 1 aliphatic rings. The Morgan fingerprint density at radius 3 is 2.50 bits per heavy atom. The Morgan fingerprint density at radius 1 is 0.969 bits per heavy atom. The Labute approximate surface area is 186 Å². The van der Waals surface area contributed by atoms with E-state index in [1.165, 1.54) is 5.69 Å². The largest absolute Gasteiger partial charge is 0.493 e. The number of methoxy groups -OCH3 is 2. The Morgan fingerprint density at radius 2 is 1.75 bits per heavy atom. The fraction of sp³-hybridized carbons (Fsp3) is 0.250. The predicted molar refractivity (Wildman–Crippen MR) is 124 cm³/mol. The van der Waals surface area contributed by atoms with Crippen LogP contribution in [0.4, 0.5) is 17.2 Å². The minimum absolute atomic E-state index is 0.657. The third kappa shape index (κ3) is 3.80. The van der Waals surface area contributed by atoms with E-state index in [1.807, 2.05) is 28.8 Å². The molecule has 1 fully saturated rings. The molecule has 0 aliphatic carbocycles. The normalized spacial score (nSPS) is 13.9. The van der Waals surface area contributed by atoms with E-state index < -0.39 is 0 Å². The maximum absolute atomic E-state index is 5.47. The smallest absolute Gasteiger partial charge is 0.162 e. The van der Waals surface area contributed by atoms with Crippen LogP contribution in [0.15, 0.2) is 61.1 Å². The van der Waals surface area contributed by atoms with Crippen molar-refractivity contribution in [1.29, 1.82) is 0 Å². The lowest BCUT2D eigenvalue weighted by Gasteiger charge is -2.28. The molecule has 3 heterocycles. The number of hydrogen-bond acceptors (Lipinski definition) is 7. The van der Waals surface area contributed by atoms with E-state index in [0.717, 1.165) is 54.7 Å². The van der Waals surface area contributed by atoms with Gasteiger partial charge >= 0.3 is 0 Å². The van der Waals surface area contributed by atoms with Gasteiger partial charge < -0.3 is 24.4 Å². The standard InChI is InChI=1S/C24H25N5O3/c1-30-20-8-5-18(15-21(20)31-2)26-24-23(27-22-16-25-9-10-29(22)24)17-3-6-19(7-4-17)28-11-13-32-14-12-28/h3-10,15-16,26H,11-14H2,1-2H3. The number of nitrogens with one attached hydrogen (secondary N) is 1. The SMILES string of the molecule is COc1ccc(Nc2c(-c3ccc(N4CCOCC4)cc3)nc3cnccn23)cc1OC. The summed E-state index contributed by atoms with van der Waals surface area (Å²) in [5.74, 6) is 2.19. The van der Waals surface area contributed by atoms with Crippen LogP contribution in [0.2, 0.25) is 0 Å². The molecule has 0 atom stereocenters. The second kappa shape index (κ2) is 8.76. The van der Waals surface area contributed by atoms with Crippen molar-refractivity contribution in [3.63, 3.8) is 0 Å². The zero-order valence-corrected chi connectivity index (χ0v) is 18.1. The van der Waals surface area contributed by atoms with Gasteiger partial charge in [-0.25, -0.2) is 4.98 Å². The summed E-state index contributed by atoms with van der Waals surface area (Å²) in [6.45, 7) is 3.35. The summed E-state index contributed by atoms with van der Waals surface area (Å²) in [4.78, 5) is 11.4. The highest BCUT2D eigenvalue weighted by molar-refractivity contribution is 5.80. The van der Waals surface area contributed by atoms with Gasteiger partial charge in [-0.05, 0) is 24.3 Å². The third-order valence-corrected chi connectivity index (χ3v) is 5.59. The number of imidazole rings is 1. The molecule has 0 amide bonds. The van der Waals surface area contributed by atoms with Gasteiger partial charge in [0.1, 0.15) is 11.5 Å². The summed E-state index contributed by atoms with van der Waals surface area (Å²) in [7, 11) is 3.25. The Balaban J connectivity index is 1.52. The van der Waals surface area contributed by atoms with E-state index in [1.54, 1.807) is 26.6 Å². The van der Waals surface area contributed by atoms with E-state index in [-0.39, 0.29) is 0 Å². The van der Waals surface area contributed by atoms with Crippen LogP contribution in [0.25, 0.3) is 16.9 Å². The Bertz CT molecular complexity index is 1220. The monoisotopic (exact) mass is 431 g/mol. The molecular weight excluding hydrogens is 406 g/mol. The first-order valence-corrected chi connectivity index (χ1v) is 10.5. The van der Waals surface area contributed by atoms with Crippen LogP contribution in [0, 0.1) is 0 Å². The van der Waals surface area contributed by atoms with Crippen LogP contribution in [0.5, 0.6) is 11.5 Å². The van der Waals surface area contributed by atoms with Gasteiger partial charge in [-0.1, -0.05) is 12.1 Å². The highest BCUT2D eigenvalue weighted by atomic mass is 16.5. The van der Waals surface area contributed by atoms with Crippen LogP contribution in [0.1, 0.15) is 0 Å². The van der Waals surface area contributed by atoms with Crippen molar-refractivity contribution < 1.29 is 14.2 Å². The van der Waals surface area contributed by atoms with Gasteiger partial charge in [0.2, 0.25) is 0 Å². The minimum Gasteiger partial charge on any atom is -0.493 e. The van der Waals surface area contributed by atoms with Gasteiger partial charge in [0.15, 0.2) is 17.1 Å². The Kier molecular flexibility index (Phi) is 5.51. The molecule has 2 aromatic carbocycles. The molecule has 5 rings (SSSR count). The fourth-order valence-electron chi connectivity index (χ4n) is 3.93. The molecule has 0 bridgehead atoms. The number of nitrogens with zero attached hydrogens (tertiary/aromatic N) is 4. The van der Waals surface area contributed by atoms with E-state index >= 15 is 0 Å². The second-order valence-corrected chi connectivity index (χ2v) is 7.45. The molecule has 4 aromatic rings.